The van der Waals surface area contributed by atoms with Gasteiger partial charge in [-0.1, -0.05) is 13.8 Å². The minimum atomic E-state index is -1.09. The van der Waals surface area contributed by atoms with Crippen LogP contribution >= 0.6 is 15.9 Å². The number of halogens is 1. The van der Waals surface area contributed by atoms with Gasteiger partial charge in [-0.2, -0.15) is 0 Å². The number of hydrogen-bond acceptors (Lipinski definition) is 5. The molecule has 1 aromatic heterocycles. The van der Waals surface area contributed by atoms with Gasteiger partial charge in [0.2, 0.25) is 0 Å². The molecule has 7 heteroatoms. The van der Waals surface area contributed by atoms with Gasteiger partial charge in [0.1, 0.15) is 11.3 Å². The van der Waals surface area contributed by atoms with Crippen LogP contribution in [0.25, 0.3) is 0 Å². The summed E-state index contributed by atoms with van der Waals surface area (Å²) < 4.78 is 6.28. The fourth-order valence-electron chi connectivity index (χ4n) is 2.97. The molecule has 6 nitrogen and oxygen atoms in total. The van der Waals surface area contributed by atoms with Gasteiger partial charge in [0.15, 0.2) is 0 Å². The third-order valence-electron chi connectivity index (χ3n) is 4.60. The molecule has 0 amide bonds. The molecule has 0 radical (unpaired) electrons. The van der Waals surface area contributed by atoms with Gasteiger partial charge < -0.3 is 14.9 Å². The minimum absolute atomic E-state index is 0.0286. The number of pyridine rings is 1. The lowest BCUT2D eigenvalue weighted by Crippen LogP contribution is -2.75. The van der Waals surface area contributed by atoms with E-state index in [1.165, 1.54) is 6.07 Å². The molecule has 1 aliphatic rings. The van der Waals surface area contributed by atoms with Crippen molar-refractivity contribution in [1.29, 1.82) is 0 Å². The molecule has 0 spiro atoms. The van der Waals surface area contributed by atoms with Crippen molar-refractivity contribution < 1.29 is 19.7 Å². The Labute approximate surface area is 138 Å². The Hall–Kier alpha value is -1.18. The SMILES string of the molecule is CCOC1CC(NCc2ncc(Br)cc2O)(C(=O)O)C1(C)C. The number of aromatic nitrogens is 1. The Bertz CT molecular complexity index is 579. The summed E-state index contributed by atoms with van der Waals surface area (Å²) in [5.41, 5.74) is -1.23. The van der Waals surface area contributed by atoms with Crippen LogP contribution < -0.4 is 5.32 Å². The van der Waals surface area contributed by atoms with Crippen LogP contribution in [0.15, 0.2) is 16.7 Å². The van der Waals surface area contributed by atoms with Gasteiger partial charge in [0, 0.05) is 35.7 Å². The summed E-state index contributed by atoms with van der Waals surface area (Å²) in [7, 11) is 0. The van der Waals surface area contributed by atoms with Crippen LogP contribution in [0.5, 0.6) is 5.75 Å². The smallest absolute Gasteiger partial charge is 0.324 e. The Morgan fingerprint density at radius 1 is 1.59 bits per heavy atom. The van der Waals surface area contributed by atoms with Crippen molar-refractivity contribution in [3.05, 3.63) is 22.4 Å². The highest BCUT2D eigenvalue weighted by molar-refractivity contribution is 9.10. The molecule has 0 aromatic carbocycles. The fraction of sp³-hybridized carbons (Fsp3) is 0.600. The van der Waals surface area contributed by atoms with Gasteiger partial charge in [-0.3, -0.25) is 15.1 Å². The van der Waals surface area contributed by atoms with Crippen molar-refractivity contribution in [2.75, 3.05) is 6.61 Å². The van der Waals surface area contributed by atoms with Gasteiger partial charge >= 0.3 is 5.97 Å². The lowest BCUT2D eigenvalue weighted by molar-refractivity contribution is -0.193. The first-order chi connectivity index (χ1) is 10.2. The van der Waals surface area contributed by atoms with Crippen molar-refractivity contribution in [2.24, 2.45) is 5.41 Å². The monoisotopic (exact) mass is 372 g/mol. The topological polar surface area (TPSA) is 91.7 Å². The predicted octanol–water partition coefficient (Wildman–Crippen LogP) is 2.30. The number of ether oxygens (including phenoxy) is 1. The van der Waals surface area contributed by atoms with Crippen LogP contribution in [0.2, 0.25) is 0 Å². The van der Waals surface area contributed by atoms with E-state index >= 15 is 0 Å². The normalized spacial score (nSPS) is 26.5. The average Bonchev–Trinajstić information content (AvgIpc) is 2.43. The molecule has 22 heavy (non-hydrogen) atoms. The molecule has 2 unspecified atom stereocenters. The van der Waals surface area contributed by atoms with E-state index < -0.39 is 16.9 Å². The molecule has 1 aliphatic carbocycles. The number of nitrogens with zero attached hydrogens (tertiary/aromatic N) is 1. The third-order valence-corrected chi connectivity index (χ3v) is 5.03. The summed E-state index contributed by atoms with van der Waals surface area (Å²) in [6.45, 7) is 6.39. The van der Waals surface area contributed by atoms with Crippen molar-refractivity contribution in [3.8, 4) is 5.75 Å². The number of carboxylic acid groups (broad SMARTS) is 1. The van der Waals surface area contributed by atoms with E-state index in [1.807, 2.05) is 20.8 Å². The number of aromatic hydroxyl groups is 1. The molecule has 1 saturated carbocycles. The zero-order valence-electron chi connectivity index (χ0n) is 12.9. The maximum Gasteiger partial charge on any atom is 0.324 e. The standard InChI is InChI=1S/C15H21BrN2O4/c1-4-22-12-6-15(13(20)21,14(12,2)3)18-8-10-11(19)5-9(16)7-17-10/h5,7,12,18-19H,4,6,8H2,1-3H3,(H,20,21). The van der Waals surface area contributed by atoms with E-state index in [4.69, 9.17) is 4.74 Å². The summed E-state index contributed by atoms with van der Waals surface area (Å²) in [6.07, 6.45) is 1.85. The zero-order chi connectivity index (χ0) is 16.5. The van der Waals surface area contributed by atoms with E-state index in [0.29, 0.717) is 23.2 Å². The fourth-order valence-corrected chi connectivity index (χ4v) is 3.29. The van der Waals surface area contributed by atoms with Gasteiger partial charge in [-0.15, -0.1) is 0 Å². The number of carbonyl (C=O) groups is 1. The van der Waals surface area contributed by atoms with Crippen LogP contribution in [-0.4, -0.2) is 39.4 Å². The molecule has 3 N–H and O–H groups in total. The second-order valence-corrected chi connectivity index (χ2v) is 6.97. The Kier molecular flexibility index (Phi) is 4.79. The molecule has 0 aliphatic heterocycles. The first-order valence-corrected chi connectivity index (χ1v) is 7.97. The van der Waals surface area contributed by atoms with Gasteiger partial charge in [0.05, 0.1) is 11.8 Å². The highest BCUT2D eigenvalue weighted by Crippen LogP contribution is 2.51. The summed E-state index contributed by atoms with van der Waals surface area (Å²) in [5.74, 6) is -0.883. The quantitative estimate of drug-likeness (QED) is 0.709. The lowest BCUT2D eigenvalue weighted by atomic mass is 9.54. The molecular formula is C15H21BrN2O4. The molecule has 0 saturated heterocycles. The van der Waals surface area contributed by atoms with E-state index in [0.717, 1.165) is 0 Å². The summed E-state index contributed by atoms with van der Waals surface area (Å²) >= 11 is 3.22. The lowest BCUT2D eigenvalue weighted by Gasteiger charge is -2.58. The van der Waals surface area contributed by atoms with Crippen molar-refractivity contribution in [3.63, 3.8) is 0 Å². The largest absolute Gasteiger partial charge is 0.506 e. The summed E-state index contributed by atoms with van der Waals surface area (Å²) in [5, 5.41) is 22.6. The van der Waals surface area contributed by atoms with Crippen molar-refractivity contribution in [2.45, 2.75) is 45.4 Å². The number of carboxylic acids is 1. The molecule has 1 fully saturated rings. The van der Waals surface area contributed by atoms with Crippen LogP contribution in [0.3, 0.4) is 0 Å². The zero-order valence-corrected chi connectivity index (χ0v) is 14.5. The number of hydrogen-bond donors (Lipinski definition) is 3. The van der Waals surface area contributed by atoms with Crippen molar-refractivity contribution >= 4 is 21.9 Å². The first kappa shape index (κ1) is 17.2. The maximum atomic E-state index is 11.8. The van der Waals surface area contributed by atoms with Crippen LogP contribution in [-0.2, 0) is 16.1 Å². The number of nitrogens with one attached hydrogen (secondary N) is 1. The molecule has 2 rings (SSSR count). The predicted molar refractivity (Wildman–Crippen MR) is 84.6 cm³/mol. The highest BCUT2D eigenvalue weighted by Gasteiger charge is 2.65. The molecular weight excluding hydrogens is 352 g/mol. The van der Waals surface area contributed by atoms with E-state index in [-0.39, 0.29) is 18.4 Å². The van der Waals surface area contributed by atoms with Crippen LogP contribution in [0, 0.1) is 5.41 Å². The Morgan fingerprint density at radius 3 is 2.77 bits per heavy atom. The first-order valence-electron chi connectivity index (χ1n) is 7.18. The van der Waals surface area contributed by atoms with E-state index in [1.54, 1.807) is 6.20 Å². The number of aliphatic carboxylic acids is 1. The summed E-state index contributed by atoms with van der Waals surface area (Å²) in [4.78, 5) is 15.9. The average molecular weight is 373 g/mol. The minimum Gasteiger partial charge on any atom is -0.506 e. The Morgan fingerprint density at radius 2 is 2.27 bits per heavy atom. The maximum absolute atomic E-state index is 11.8. The molecule has 0 bridgehead atoms. The number of rotatable bonds is 6. The molecule has 122 valence electrons. The molecule has 1 aromatic rings. The molecule has 1 heterocycles. The molecule has 2 atom stereocenters. The summed E-state index contributed by atoms with van der Waals surface area (Å²) in [6, 6.07) is 1.53. The van der Waals surface area contributed by atoms with E-state index in [2.05, 4.69) is 26.2 Å². The van der Waals surface area contributed by atoms with E-state index in [9.17, 15) is 15.0 Å². The Balaban J connectivity index is 2.16. The van der Waals surface area contributed by atoms with Gasteiger partial charge in [0.25, 0.3) is 0 Å². The third kappa shape index (κ3) is 2.73. The van der Waals surface area contributed by atoms with Gasteiger partial charge in [-0.05, 0) is 28.9 Å². The van der Waals surface area contributed by atoms with Crippen LogP contribution in [0.4, 0.5) is 0 Å². The van der Waals surface area contributed by atoms with Gasteiger partial charge in [-0.25, -0.2) is 0 Å². The second kappa shape index (κ2) is 6.14. The van der Waals surface area contributed by atoms with Crippen molar-refractivity contribution in [1.82, 2.24) is 10.3 Å². The highest BCUT2D eigenvalue weighted by atomic mass is 79.9. The second-order valence-electron chi connectivity index (χ2n) is 6.05. The van der Waals surface area contributed by atoms with Crippen LogP contribution in [0.1, 0.15) is 32.9 Å².